The lowest BCUT2D eigenvalue weighted by atomic mass is 9.97. The molecule has 0 spiro atoms. The zero-order valence-electron chi connectivity index (χ0n) is 10.2. The quantitative estimate of drug-likeness (QED) is 0.728. The summed E-state index contributed by atoms with van der Waals surface area (Å²) in [5.74, 6) is 0.681. The van der Waals surface area contributed by atoms with Crippen molar-refractivity contribution in [2.45, 2.75) is 32.0 Å². The molecule has 0 aromatic carbocycles. The molecule has 2 atom stereocenters. The molecule has 0 aliphatic carbocycles. The van der Waals surface area contributed by atoms with Crippen molar-refractivity contribution in [1.29, 1.82) is 0 Å². The van der Waals surface area contributed by atoms with Crippen LogP contribution >= 0.6 is 0 Å². The Labute approximate surface area is 101 Å². The number of ether oxygens (including phenoxy) is 1. The lowest BCUT2D eigenvalue weighted by Gasteiger charge is -2.26. The van der Waals surface area contributed by atoms with Crippen molar-refractivity contribution < 1.29 is 9.84 Å². The molecule has 1 fully saturated rings. The van der Waals surface area contributed by atoms with Gasteiger partial charge in [0.15, 0.2) is 0 Å². The Hall–Kier alpha value is -1.33. The van der Waals surface area contributed by atoms with Gasteiger partial charge >= 0.3 is 0 Å². The minimum atomic E-state index is -0.818. The number of rotatable bonds is 3. The van der Waals surface area contributed by atoms with Crippen LogP contribution in [0, 0.1) is 6.92 Å². The molecule has 94 valence electrons. The van der Waals surface area contributed by atoms with Crippen molar-refractivity contribution in [3.8, 4) is 0 Å². The predicted molar refractivity (Wildman–Crippen MR) is 66.9 cm³/mol. The Balaban J connectivity index is 2.00. The second-order valence-corrected chi connectivity index (χ2v) is 4.65. The van der Waals surface area contributed by atoms with E-state index in [9.17, 15) is 5.11 Å². The first-order chi connectivity index (χ1) is 8.01. The molecule has 5 heteroatoms. The second-order valence-electron chi connectivity index (χ2n) is 4.65. The number of aryl methyl sites for hydroxylation is 1. The Morgan fingerprint density at radius 3 is 3.06 bits per heavy atom. The van der Waals surface area contributed by atoms with Gasteiger partial charge in [-0.25, -0.2) is 4.98 Å². The lowest BCUT2D eigenvalue weighted by Crippen LogP contribution is -2.43. The first-order valence-electron chi connectivity index (χ1n) is 5.81. The van der Waals surface area contributed by atoms with Crippen LogP contribution in [-0.2, 0) is 4.74 Å². The molecule has 17 heavy (non-hydrogen) atoms. The molecule has 1 aliphatic rings. The summed E-state index contributed by atoms with van der Waals surface area (Å²) in [5, 5.41) is 13.4. The smallest absolute Gasteiger partial charge is 0.128 e. The minimum Gasteiger partial charge on any atom is -0.398 e. The van der Waals surface area contributed by atoms with E-state index < -0.39 is 5.60 Å². The third kappa shape index (κ3) is 2.50. The molecule has 1 aliphatic heterocycles. The van der Waals surface area contributed by atoms with E-state index in [1.165, 1.54) is 0 Å². The van der Waals surface area contributed by atoms with Gasteiger partial charge in [0.25, 0.3) is 0 Å². The number of nitrogens with two attached hydrogens (primary N) is 1. The molecular weight excluding hydrogens is 218 g/mol. The Bertz CT molecular complexity index is 411. The number of aromatic nitrogens is 1. The molecule has 1 saturated heterocycles. The maximum Gasteiger partial charge on any atom is 0.128 e. The molecule has 0 bridgehead atoms. The van der Waals surface area contributed by atoms with Crippen LogP contribution in [0.1, 0.15) is 18.9 Å². The predicted octanol–water partition coefficient (Wildman–Crippen LogP) is 0.924. The first kappa shape index (κ1) is 12.1. The number of anilines is 2. The van der Waals surface area contributed by atoms with Crippen molar-refractivity contribution in [3.05, 3.63) is 17.8 Å². The number of pyridine rings is 1. The van der Waals surface area contributed by atoms with Crippen LogP contribution in [0.2, 0.25) is 0 Å². The molecule has 2 heterocycles. The highest BCUT2D eigenvalue weighted by Crippen LogP contribution is 2.26. The van der Waals surface area contributed by atoms with E-state index in [1.54, 1.807) is 12.3 Å². The van der Waals surface area contributed by atoms with Crippen LogP contribution in [0.25, 0.3) is 0 Å². The number of hydrogen-bond donors (Lipinski definition) is 3. The summed E-state index contributed by atoms with van der Waals surface area (Å²) in [6, 6.07) is 1.78. The SMILES string of the molecule is Cc1cnc(NCC2(O)CCOC2C)cc1N. The minimum absolute atomic E-state index is 0.155. The van der Waals surface area contributed by atoms with Crippen LogP contribution < -0.4 is 11.1 Å². The van der Waals surface area contributed by atoms with Gasteiger partial charge in [-0.15, -0.1) is 0 Å². The molecule has 0 amide bonds. The highest BCUT2D eigenvalue weighted by Gasteiger charge is 2.39. The summed E-state index contributed by atoms with van der Waals surface area (Å²) in [7, 11) is 0. The van der Waals surface area contributed by atoms with Crippen LogP contribution in [-0.4, -0.2) is 34.9 Å². The molecule has 0 saturated carbocycles. The summed E-state index contributed by atoms with van der Waals surface area (Å²) in [6.45, 7) is 4.81. The van der Waals surface area contributed by atoms with Crippen LogP contribution in [0.5, 0.6) is 0 Å². The van der Waals surface area contributed by atoms with Crippen molar-refractivity contribution >= 4 is 11.5 Å². The zero-order chi connectivity index (χ0) is 12.5. The van der Waals surface area contributed by atoms with Gasteiger partial charge in [-0.1, -0.05) is 0 Å². The molecule has 1 aromatic heterocycles. The third-order valence-electron chi connectivity index (χ3n) is 3.38. The Morgan fingerprint density at radius 2 is 2.47 bits per heavy atom. The summed E-state index contributed by atoms with van der Waals surface area (Å²) < 4.78 is 5.36. The fraction of sp³-hybridized carbons (Fsp3) is 0.583. The second kappa shape index (κ2) is 4.50. The average Bonchev–Trinajstić information content (AvgIpc) is 2.62. The Kier molecular flexibility index (Phi) is 3.22. The molecule has 2 unspecified atom stereocenters. The van der Waals surface area contributed by atoms with Gasteiger partial charge in [-0.05, 0) is 19.4 Å². The molecule has 0 radical (unpaired) electrons. The van der Waals surface area contributed by atoms with Gasteiger partial charge in [-0.3, -0.25) is 0 Å². The van der Waals surface area contributed by atoms with Crippen LogP contribution in [0.3, 0.4) is 0 Å². The maximum absolute atomic E-state index is 10.3. The fourth-order valence-corrected chi connectivity index (χ4v) is 1.88. The van der Waals surface area contributed by atoms with E-state index in [-0.39, 0.29) is 6.10 Å². The third-order valence-corrected chi connectivity index (χ3v) is 3.38. The van der Waals surface area contributed by atoms with E-state index >= 15 is 0 Å². The summed E-state index contributed by atoms with van der Waals surface area (Å²) in [5.41, 5.74) is 6.63. The standard InChI is InChI=1S/C12H19N3O2/c1-8-6-14-11(5-10(8)13)15-7-12(16)3-4-17-9(12)2/h5-6,9,16H,3-4,7H2,1-2H3,(H3,13,14,15). The summed E-state index contributed by atoms with van der Waals surface area (Å²) in [4.78, 5) is 4.21. The van der Waals surface area contributed by atoms with Gasteiger partial charge in [-0.2, -0.15) is 0 Å². The normalized spacial score (nSPS) is 28.3. The number of hydrogen-bond acceptors (Lipinski definition) is 5. The van der Waals surface area contributed by atoms with Crippen LogP contribution in [0.15, 0.2) is 12.3 Å². The van der Waals surface area contributed by atoms with Gasteiger partial charge in [0.1, 0.15) is 11.4 Å². The highest BCUT2D eigenvalue weighted by atomic mass is 16.5. The van der Waals surface area contributed by atoms with Crippen molar-refractivity contribution in [1.82, 2.24) is 4.98 Å². The van der Waals surface area contributed by atoms with Crippen LogP contribution in [0.4, 0.5) is 11.5 Å². The molecule has 4 N–H and O–H groups in total. The number of nitrogens with one attached hydrogen (secondary N) is 1. The molecule has 1 aromatic rings. The number of nitrogens with zero attached hydrogens (tertiary/aromatic N) is 1. The van der Waals surface area contributed by atoms with E-state index in [0.717, 1.165) is 5.56 Å². The largest absolute Gasteiger partial charge is 0.398 e. The zero-order valence-corrected chi connectivity index (χ0v) is 10.2. The number of aliphatic hydroxyl groups is 1. The van der Waals surface area contributed by atoms with E-state index in [4.69, 9.17) is 10.5 Å². The van der Waals surface area contributed by atoms with E-state index in [1.807, 2.05) is 13.8 Å². The first-order valence-corrected chi connectivity index (χ1v) is 5.81. The molecule has 2 rings (SSSR count). The topological polar surface area (TPSA) is 80.4 Å². The van der Waals surface area contributed by atoms with Gasteiger partial charge in [0, 0.05) is 37.5 Å². The van der Waals surface area contributed by atoms with Crippen molar-refractivity contribution in [3.63, 3.8) is 0 Å². The average molecular weight is 237 g/mol. The summed E-state index contributed by atoms with van der Waals surface area (Å²) >= 11 is 0. The van der Waals surface area contributed by atoms with Crippen molar-refractivity contribution in [2.75, 3.05) is 24.2 Å². The maximum atomic E-state index is 10.3. The van der Waals surface area contributed by atoms with Gasteiger partial charge in [0.2, 0.25) is 0 Å². The highest BCUT2D eigenvalue weighted by molar-refractivity contribution is 5.53. The molecular formula is C12H19N3O2. The lowest BCUT2D eigenvalue weighted by molar-refractivity contribution is -0.0176. The number of nitrogen functional groups attached to an aromatic ring is 1. The van der Waals surface area contributed by atoms with Gasteiger partial charge < -0.3 is 20.9 Å². The summed E-state index contributed by atoms with van der Waals surface area (Å²) in [6.07, 6.45) is 2.21. The van der Waals surface area contributed by atoms with E-state index in [0.29, 0.717) is 31.1 Å². The van der Waals surface area contributed by atoms with E-state index in [2.05, 4.69) is 10.3 Å². The van der Waals surface area contributed by atoms with Gasteiger partial charge in [0.05, 0.1) is 6.10 Å². The van der Waals surface area contributed by atoms with Crippen molar-refractivity contribution in [2.24, 2.45) is 0 Å². The molecule has 5 nitrogen and oxygen atoms in total. The fourth-order valence-electron chi connectivity index (χ4n) is 1.88. The Morgan fingerprint density at radius 1 is 1.71 bits per heavy atom. The monoisotopic (exact) mass is 237 g/mol.